The smallest absolute Gasteiger partial charge is 0.373 e. The van der Waals surface area contributed by atoms with E-state index in [0.29, 0.717) is 39.0 Å². The van der Waals surface area contributed by atoms with Gasteiger partial charge in [0.05, 0.1) is 23.0 Å². The van der Waals surface area contributed by atoms with E-state index in [2.05, 4.69) is 0 Å². The van der Waals surface area contributed by atoms with Crippen LogP contribution >= 0.6 is 68.0 Å². The van der Waals surface area contributed by atoms with E-state index in [1.807, 2.05) is 53.7 Å². The Morgan fingerprint density at radius 2 is 0.719 bits per heavy atom. The molecule has 0 saturated heterocycles. The lowest BCUT2D eigenvalue weighted by Crippen LogP contribution is -2.48. The number of thiophene rings is 6. The standard InChI is InChI=1S/C43H44F6O2S6/c1-37(2,3)29-15-13-25(54-29)35-21(19-27(56-35)23-11-17-31(52-23)39(7,8)50)33-34(42(46,47)43(48,49)41(33,44)45)22-20-28(24-12-18-32(53-24)40(9,10)51)57-36(22)26-14-16-30(55-26)38(4,5)6/h11-20,33-34,50-51H,1-10H3. The second-order valence-corrected chi connectivity index (χ2v) is 24.3. The lowest BCUT2D eigenvalue weighted by molar-refractivity contribution is -0.274. The maximum absolute atomic E-state index is 16.9. The minimum atomic E-state index is -5.69. The zero-order chi connectivity index (χ0) is 42.1. The van der Waals surface area contributed by atoms with Crippen LogP contribution in [0, 0.1) is 0 Å². The van der Waals surface area contributed by atoms with Crippen molar-refractivity contribution in [2.45, 2.75) is 121 Å². The maximum atomic E-state index is 16.9. The fourth-order valence-corrected chi connectivity index (χ4v) is 14.0. The number of halogens is 6. The first-order valence-electron chi connectivity index (χ1n) is 18.3. The van der Waals surface area contributed by atoms with Crippen molar-refractivity contribution in [1.82, 2.24) is 0 Å². The van der Waals surface area contributed by atoms with Gasteiger partial charge in [0.1, 0.15) is 0 Å². The largest absolute Gasteiger partial charge is 0.385 e. The van der Waals surface area contributed by atoms with E-state index in [0.717, 1.165) is 32.4 Å². The topological polar surface area (TPSA) is 40.5 Å². The van der Waals surface area contributed by atoms with Gasteiger partial charge in [0, 0.05) is 58.5 Å². The second-order valence-electron chi connectivity index (χ2n) is 17.8. The van der Waals surface area contributed by atoms with Gasteiger partial charge in [-0.25, -0.2) is 0 Å². The molecular formula is C43H44F6O2S6. The van der Waals surface area contributed by atoms with Crippen LogP contribution in [0.15, 0.2) is 60.7 Å². The van der Waals surface area contributed by atoms with Crippen LogP contribution in [0.5, 0.6) is 0 Å². The summed E-state index contributed by atoms with van der Waals surface area (Å²) in [4.78, 5) is 6.67. The molecule has 306 valence electrons. The van der Waals surface area contributed by atoms with Crippen molar-refractivity contribution in [2.24, 2.45) is 0 Å². The van der Waals surface area contributed by atoms with Crippen molar-refractivity contribution in [1.29, 1.82) is 0 Å². The van der Waals surface area contributed by atoms with Crippen LogP contribution in [0.2, 0.25) is 0 Å². The van der Waals surface area contributed by atoms with Gasteiger partial charge in [-0.1, -0.05) is 41.5 Å². The van der Waals surface area contributed by atoms with Gasteiger partial charge in [0.15, 0.2) is 0 Å². The molecular weight excluding hydrogens is 855 g/mol. The zero-order valence-electron chi connectivity index (χ0n) is 33.0. The van der Waals surface area contributed by atoms with Gasteiger partial charge in [-0.15, -0.1) is 68.0 Å². The second kappa shape index (κ2) is 13.9. The van der Waals surface area contributed by atoms with E-state index in [1.54, 1.807) is 64.1 Å². The average Bonchev–Trinajstić information content (AvgIpc) is 3.91. The Bertz CT molecular complexity index is 2260. The molecule has 6 aromatic rings. The predicted octanol–water partition coefficient (Wildman–Crippen LogP) is 15.6. The Labute approximate surface area is 353 Å². The molecule has 0 spiro atoms. The first-order valence-corrected chi connectivity index (χ1v) is 23.2. The summed E-state index contributed by atoms with van der Waals surface area (Å²) in [6, 6.07) is 16.9. The van der Waals surface area contributed by atoms with Crippen molar-refractivity contribution in [3.63, 3.8) is 0 Å². The SMILES string of the molecule is CC(C)(C)c1ccc(-c2sc(-c3ccc(C(C)(C)O)s3)cc2C2C(c3cc(-c4ccc(C(C)(C)O)s4)sc3-c3ccc(C(C)(C)C)s3)C(F)(F)C(F)(F)C2(F)F)s1. The Balaban J connectivity index is 1.51. The van der Waals surface area contributed by atoms with Crippen LogP contribution < -0.4 is 0 Å². The molecule has 0 amide bonds. The first kappa shape index (κ1) is 42.8. The quantitative estimate of drug-likeness (QED) is 0.149. The molecule has 2 nitrogen and oxygen atoms in total. The molecule has 1 fully saturated rings. The first-order chi connectivity index (χ1) is 26.0. The molecule has 0 aliphatic heterocycles. The highest BCUT2D eigenvalue weighted by Gasteiger charge is 2.85. The zero-order valence-corrected chi connectivity index (χ0v) is 37.9. The number of aliphatic hydroxyl groups is 2. The van der Waals surface area contributed by atoms with Crippen LogP contribution in [0.1, 0.15) is 112 Å². The highest BCUT2D eigenvalue weighted by atomic mass is 32.1. The summed E-state index contributed by atoms with van der Waals surface area (Å²) >= 11 is 7.35. The monoisotopic (exact) mass is 898 g/mol. The molecule has 0 bridgehead atoms. The number of rotatable bonds is 8. The summed E-state index contributed by atoms with van der Waals surface area (Å²) in [5.41, 5.74) is -3.56. The molecule has 0 aromatic carbocycles. The highest BCUT2D eigenvalue weighted by molar-refractivity contribution is 7.27. The van der Waals surface area contributed by atoms with E-state index in [1.165, 1.54) is 57.5 Å². The van der Waals surface area contributed by atoms with Gasteiger partial charge in [0.2, 0.25) is 0 Å². The number of hydrogen-bond acceptors (Lipinski definition) is 8. The predicted molar refractivity (Wildman–Crippen MR) is 230 cm³/mol. The Morgan fingerprint density at radius 1 is 0.421 bits per heavy atom. The molecule has 7 rings (SSSR count). The maximum Gasteiger partial charge on any atom is 0.373 e. The molecule has 57 heavy (non-hydrogen) atoms. The van der Waals surface area contributed by atoms with Crippen molar-refractivity contribution in [3.8, 4) is 39.0 Å². The van der Waals surface area contributed by atoms with Crippen LogP contribution in [0.25, 0.3) is 39.0 Å². The molecule has 1 aliphatic rings. The minimum absolute atomic E-state index is 0.239. The molecule has 2 unspecified atom stereocenters. The van der Waals surface area contributed by atoms with Gasteiger partial charge in [-0.2, -0.15) is 26.3 Å². The van der Waals surface area contributed by atoms with Crippen LogP contribution in [0.4, 0.5) is 26.3 Å². The van der Waals surface area contributed by atoms with E-state index in [4.69, 9.17) is 0 Å². The lowest BCUT2D eigenvalue weighted by Gasteiger charge is -2.25. The molecule has 0 radical (unpaired) electrons. The molecule has 14 heteroatoms. The van der Waals surface area contributed by atoms with Gasteiger partial charge in [0.25, 0.3) is 0 Å². The summed E-state index contributed by atoms with van der Waals surface area (Å²) in [5.74, 6) is -21.2. The fraction of sp³-hybridized carbons (Fsp3) is 0.442. The lowest BCUT2D eigenvalue weighted by atomic mass is 9.81. The van der Waals surface area contributed by atoms with Crippen molar-refractivity contribution in [3.05, 3.63) is 91.3 Å². The molecule has 2 N–H and O–H groups in total. The molecule has 1 aliphatic carbocycles. The van der Waals surface area contributed by atoms with Gasteiger partial charge in [-0.3, -0.25) is 0 Å². The fourth-order valence-electron chi connectivity index (χ4n) is 7.01. The molecule has 2 atom stereocenters. The summed E-state index contributed by atoms with van der Waals surface area (Å²) in [6.45, 7) is 18.5. The number of alkyl halides is 6. The van der Waals surface area contributed by atoms with Crippen molar-refractivity contribution in [2.75, 3.05) is 0 Å². The molecule has 1 saturated carbocycles. The van der Waals surface area contributed by atoms with Gasteiger partial charge >= 0.3 is 17.8 Å². The van der Waals surface area contributed by atoms with Crippen LogP contribution in [-0.4, -0.2) is 28.0 Å². The molecule has 6 aromatic heterocycles. The summed E-state index contributed by atoms with van der Waals surface area (Å²) < 4.78 is 99.7. The summed E-state index contributed by atoms with van der Waals surface area (Å²) in [6.07, 6.45) is 0. The third-order valence-corrected chi connectivity index (χ3v) is 19.1. The van der Waals surface area contributed by atoms with E-state index in [9.17, 15) is 10.2 Å². The summed E-state index contributed by atoms with van der Waals surface area (Å²) in [5, 5.41) is 21.4. The average molecular weight is 899 g/mol. The third-order valence-electron chi connectivity index (χ3n) is 10.2. The Morgan fingerprint density at radius 3 is 1.00 bits per heavy atom. The van der Waals surface area contributed by atoms with Gasteiger partial charge in [-0.05, 0) is 110 Å². The van der Waals surface area contributed by atoms with Crippen molar-refractivity contribution >= 4 is 68.0 Å². The van der Waals surface area contributed by atoms with E-state index in [-0.39, 0.29) is 31.7 Å². The number of hydrogen-bond donors (Lipinski definition) is 2. The van der Waals surface area contributed by atoms with Crippen LogP contribution in [0.3, 0.4) is 0 Å². The van der Waals surface area contributed by atoms with E-state index >= 15 is 26.3 Å². The van der Waals surface area contributed by atoms with Crippen LogP contribution in [-0.2, 0) is 22.0 Å². The summed E-state index contributed by atoms with van der Waals surface area (Å²) in [7, 11) is 0. The normalized spacial score (nSPS) is 19.8. The van der Waals surface area contributed by atoms with E-state index < -0.39 is 40.8 Å². The minimum Gasteiger partial charge on any atom is -0.385 e. The van der Waals surface area contributed by atoms with Gasteiger partial charge < -0.3 is 10.2 Å². The Kier molecular flexibility index (Phi) is 10.4. The van der Waals surface area contributed by atoms with Crippen molar-refractivity contribution < 1.29 is 36.6 Å². The molecule has 6 heterocycles. The third kappa shape index (κ3) is 7.35. The Hall–Kier alpha value is -2.30. The highest BCUT2D eigenvalue weighted by Crippen LogP contribution is 2.71.